The number of morpholine rings is 1. The summed E-state index contributed by atoms with van der Waals surface area (Å²) in [7, 11) is 0. The minimum absolute atomic E-state index is 0.148. The monoisotopic (exact) mass is 490 g/mol. The van der Waals surface area contributed by atoms with Gasteiger partial charge in [-0.15, -0.1) is 0 Å². The number of carbonyl (C=O) groups is 1. The molecule has 1 saturated heterocycles. The molecule has 2 heterocycles. The molecule has 0 aliphatic carbocycles. The Hall–Kier alpha value is -2.93. The number of para-hydroxylation sites is 1. The van der Waals surface area contributed by atoms with Gasteiger partial charge in [0.1, 0.15) is 11.3 Å². The molecular formula is C26H23BrN2O3. The molecule has 5 nitrogen and oxygen atoms in total. The second-order valence-electron chi connectivity index (χ2n) is 7.76. The lowest BCUT2D eigenvalue weighted by atomic mass is 10.00. The Morgan fingerprint density at radius 1 is 0.906 bits per heavy atom. The van der Waals surface area contributed by atoms with Crippen molar-refractivity contribution in [3.05, 3.63) is 100 Å². The van der Waals surface area contributed by atoms with Crippen molar-refractivity contribution in [2.45, 2.75) is 6.04 Å². The van der Waals surface area contributed by atoms with Crippen LogP contribution >= 0.6 is 15.9 Å². The first-order valence-electron chi connectivity index (χ1n) is 10.7. The number of nitrogens with zero attached hydrogens (tertiary/aromatic N) is 1. The van der Waals surface area contributed by atoms with E-state index in [9.17, 15) is 4.79 Å². The number of rotatable bonds is 5. The fourth-order valence-corrected chi connectivity index (χ4v) is 4.43. The van der Waals surface area contributed by atoms with E-state index in [2.05, 4.69) is 38.3 Å². The Balaban J connectivity index is 1.63. The number of furan rings is 1. The van der Waals surface area contributed by atoms with Gasteiger partial charge in [-0.2, -0.15) is 0 Å². The van der Waals surface area contributed by atoms with Gasteiger partial charge in [0, 0.05) is 28.5 Å². The highest BCUT2D eigenvalue weighted by atomic mass is 79.9. The van der Waals surface area contributed by atoms with Crippen LogP contribution < -0.4 is 5.32 Å². The average Bonchev–Trinajstić information content (AvgIpc) is 3.19. The van der Waals surface area contributed by atoms with Gasteiger partial charge in [0.25, 0.3) is 5.91 Å². The Labute approximate surface area is 195 Å². The summed E-state index contributed by atoms with van der Waals surface area (Å²) in [6, 6.07) is 25.2. The van der Waals surface area contributed by atoms with Crippen LogP contribution in [0.15, 0.2) is 87.8 Å². The number of hydrogen-bond donors (Lipinski definition) is 1. The molecule has 1 aliphatic rings. The maximum absolute atomic E-state index is 13.1. The van der Waals surface area contributed by atoms with E-state index in [4.69, 9.17) is 9.15 Å². The van der Waals surface area contributed by atoms with Crippen LogP contribution in [0.1, 0.15) is 27.7 Å². The zero-order valence-corrected chi connectivity index (χ0v) is 19.0. The van der Waals surface area contributed by atoms with Crippen LogP contribution in [-0.4, -0.2) is 37.1 Å². The molecule has 1 fully saturated rings. The highest BCUT2D eigenvalue weighted by Crippen LogP contribution is 2.41. The van der Waals surface area contributed by atoms with Crippen LogP contribution in [-0.2, 0) is 4.74 Å². The molecule has 4 aromatic rings. The molecule has 1 N–H and O–H groups in total. The molecule has 0 bridgehead atoms. The number of halogens is 1. The minimum atomic E-state index is -0.157. The Bertz CT molecular complexity index is 1220. The summed E-state index contributed by atoms with van der Waals surface area (Å²) in [5.74, 6) is 0.578. The van der Waals surface area contributed by atoms with Gasteiger partial charge in [0.15, 0.2) is 0 Å². The third kappa shape index (κ3) is 4.21. The molecule has 3 aromatic carbocycles. The first-order chi connectivity index (χ1) is 15.7. The number of hydrogen-bond acceptors (Lipinski definition) is 4. The van der Waals surface area contributed by atoms with Crippen molar-refractivity contribution in [1.29, 1.82) is 0 Å². The summed E-state index contributed by atoms with van der Waals surface area (Å²) in [6.45, 7) is 2.89. The van der Waals surface area contributed by atoms with E-state index in [0.29, 0.717) is 24.5 Å². The standard InChI is InChI=1S/C26H23BrN2O3/c27-20-12-10-18(11-13-20)24(29-14-16-31-17-15-29)25-23(21-8-4-5-9-22(21)32-25)28-26(30)19-6-2-1-3-7-19/h1-13,24H,14-17H2,(H,28,30)/t24-/m0/s1. The number of carbonyl (C=O) groups excluding carboxylic acids is 1. The maximum Gasteiger partial charge on any atom is 0.255 e. The van der Waals surface area contributed by atoms with E-state index in [1.54, 1.807) is 0 Å². The lowest BCUT2D eigenvalue weighted by Crippen LogP contribution is -2.39. The van der Waals surface area contributed by atoms with Gasteiger partial charge in [-0.3, -0.25) is 9.69 Å². The molecule has 32 heavy (non-hydrogen) atoms. The largest absolute Gasteiger partial charge is 0.457 e. The summed E-state index contributed by atoms with van der Waals surface area (Å²) in [4.78, 5) is 15.4. The Morgan fingerprint density at radius 3 is 2.34 bits per heavy atom. The number of ether oxygens (including phenoxy) is 1. The van der Waals surface area contributed by atoms with Gasteiger partial charge in [-0.05, 0) is 42.0 Å². The van der Waals surface area contributed by atoms with Crippen LogP contribution in [0.2, 0.25) is 0 Å². The van der Waals surface area contributed by atoms with Crippen LogP contribution in [0.4, 0.5) is 5.69 Å². The topological polar surface area (TPSA) is 54.7 Å². The van der Waals surface area contributed by atoms with Gasteiger partial charge in [-0.25, -0.2) is 0 Å². The molecule has 0 spiro atoms. The van der Waals surface area contributed by atoms with E-state index in [1.165, 1.54) is 0 Å². The highest BCUT2D eigenvalue weighted by molar-refractivity contribution is 9.10. The molecule has 1 atom stereocenters. The summed E-state index contributed by atoms with van der Waals surface area (Å²) >= 11 is 3.53. The van der Waals surface area contributed by atoms with Gasteiger partial charge in [-0.1, -0.05) is 58.4 Å². The van der Waals surface area contributed by atoms with Crippen molar-refractivity contribution in [2.24, 2.45) is 0 Å². The molecule has 5 rings (SSSR count). The summed E-state index contributed by atoms with van der Waals surface area (Å²) in [6.07, 6.45) is 0. The third-order valence-electron chi connectivity index (χ3n) is 5.74. The van der Waals surface area contributed by atoms with E-state index in [-0.39, 0.29) is 11.9 Å². The first kappa shape index (κ1) is 20.9. The number of amides is 1. The van der Waals surface area contributed by atoms with Crippen LogP contribution in [0.5, 0.6) is 0 Å². The lowest BCUT2D eigenvalue weighted by Gasteiger charge is -2.34. The van der Waals surface area contributed by atoms with Crippen molar-refractivity contribution < 1.29 is 13.9 Å². The van der Waals surface area contributed by atoms with E-state index in [0.717, 1.165) is 39.9 Å². The van der Waals surface area contributed by atoms with E-state index >= 15 is 0 Å². The van der Waals surface area contributed by atoms with Crippen LogP contribution in [0, 0.1) is 0 Å². The van der Waals surface area contributed by atoms with Crippen LogP contribution in [0.25, 0.3) is 11.0 Å². The Morgan fingerprint density at radius 2 is 1.59 bits per heavy atom. The van der Waals surface area contributed by atoms with Crippen LogP contribution in [0.3, 0.4) is 0 Å². The number of anilines is 1. The molecule has 0 radical (unpaired) electrons. The quantitative estimate of drug-likeness (QED) is 0.380. The van der Waals surface area contributed by atoms with Crippen molar-refractivity contribution in [1.82, 2.24) is 4.90 Å². The molecule has 0 unspecified atom stereocenters. The smallest absolute Gasteiger partial charge is 0.255 e. The minimum Gasteiger partial charge on any atom is -0.457 e. The van der Waals surface area contributed by atoms with Gasteiger partial charge >= 0.3 is 0 Å². The molecule has 6 heteroatoms. The van der Waals surface area contributed by atoms with Crippen molar-refractivity contribution >= 4 is 38.5 Å². The molecule has 0 saturated carbocycles. The second-order valence-corrected chi connectivity index (χ2v) is 8.68. The predicted molar refractivity (Wildman–Crippen MR) is 129 cm³/mol. The van der Waals surface area contributed by atoms with E-state index in [1.807, 2.05) is 66.7 Å². The van der Waals surface area contributed by atoms with Gasteiger partial charge in [0.05, 0.1) is 24.9 Å². The molecule has 162 valence electrons. The highest BCUT2D eigenvalue weighted by Gasteiger charge is 2.31. The zero-order chi connectivity index (χ0) is 21.9. The number of benzene rings is 3. The molecule has 1 amide bonds. The molecule has 1 aromatic heterocycles. The Kier molecular flexibility index (Phi) is 6.08. The summed E-state index contributed by atoms with van der Waals surface area (Å²) < 4.78 is 13.0. The lowest BCUT2D eigenvalue weighted by molar-refractivity contribution is 0.0206. The normalized spacial score (nSPS) is 15.5. The van der Waals surface area contributed by atoms with Crippen molar-refractivity contribution in [3.8, 4) is 0 Å². The fourth-order valence-electron chi connectivity index (χ4n) is 4.17. The van der Waals surface area contributed by atoms with E-state index < -0.39 is 0 Å². The fraction of sp³-hybridized carbons (Fsp3) is 0.192. The molecule has 1 aliphatic heterocycles. The number of fused-ring (bicyclic) bond motifs is 1. The SMILES string of the molecule is O=C(Nc1c([C@H](c2ccc(Br)cc2)N2CCOCC2)oc2ccccc12)c1ccccc1. The summed E-state index contributed by atoms with van der Waals surface area (Å²) in [5, 5.41) is 4.04. The third-order valence-corrected chi connectivity index (χ3v) is 6.27. The first-order valence-corrected chi connectivity index (χ1v) is 11.4. The zero-order valence-electron chi connectivity index (χ0n) is 17.5. The van der Waals surface area contributed by atoms with Gasteiger partial charge in [0.2, 0.25) is 0 Å². The average molecular weight is 491 g/mol. The maximum atomic E-state index is 13.1. The molecular weight excluding hydrogens is 468 g/mol. The predicted octanol–water partition coefficient (Wildman–Crippen LogP) is 5.87. The van der Waals surface area contributed by atoms with Crippen molar-refractivity contribution in [3.63, 3.8) is 0 Å². The van der Waals surface area contributed by atoms with Gasteiger partial charge < -0.3 is 14.5 Å². The number of nitrogens with one attached hydrogen (secondary N) is 1. The second kappa shape index (κ2) is 9.28. The van der Waals surface area contributed by atoms with Crippen molar-refractivity contribution in [2.75, 3.05) is 31.6 Å². The summed E-state index contributed by atoms with van der Waals surface area (Å²) in [5.41, 5.74) is 3.18.